The number of halogens is 1. The standard InChI is InChI=1S/C20H19ClN4O3/c21-16-6-2-1-5-15(16)13-17(24-20(27)18-7-3-12-28-18)19(26)23-8-4-10-25-11-9-22-14-25/h1-3,5-7,9,11-14H,4,8,10H2,(H,23,26)(H,24,27)/b17-13+. The number of hydrogen-bond donors (Lipinski definition) is 2. The number of hydrogen-bond acceptors (Lipinski definition) is 4. The van der Waals surface area contributed by atoms with Crippen LogP contribution in [0, 0.1) is 0 Å². The molecule has 144 valence electrons. The summed E-state index contributed by atoms with van der Waals surface area (Å²) in [6.45, 7) is 1.16. The van der Waals surface area contributed by atoms with Gasteiger partial charge in [0.2, 0.25) is 0 Å². The Morgan fingerprint density at radius 3 is 2.79 bits per heavy atom. The van der Waals surface area contributed by atoms with Crippen LogP contribution in [0.15, 0.2) is 71.5 Å². The average molecular weight is 399 g/mol. The van der Waals surface area contributed by atoms with Crippen LogP contribution in [-0.4, -0.2) is 27.9 Å². The van der Waals surface area contributed by atoms with Crippen molar-refractivity contribution < 1.29 is 14.0 Å². The predicted molar refractivity (Wildman–Crippen MR) is 105 cm³/mol. The first-order valence-corrected chi connectivity index (χ1v) is 9.06. The molecule has 0 spiro atoms. The van der Waals surface area contributed by atoms with Crippen LogP contribution >= 0.6 is 11.6 Å². The largest absolute Gasteiger partial charge is 0.459 e. The topological polar surface area (TPSA) is 89.2 Å². The Morgan fingerprint density at radius 2 is 2.07 bits per heavy atom. The molecule has 3 rings (SSSR count). The number of aromatic nitrogens is 2. The fourth-order valence-electron chi connectivity index (χ4n) is 2.48. The highest BCUT2D eigenvalue weighted by Gasteiger charge is 2.16. The Hall–Kier alpha value is -3.32. The minimum absolute atomic E-state index is 0.0807. The summed E-state index contributed by atoms with van der Waals surface area (Å²) in [7, 11) is 0. The van der Waals surface area contributed by atoms with E-state index in [1.54, 1.807) is 42.9 Å². The average Bonchev–Trinajstić information content (AvgIpc) is 3.40. The number of aryl methyl sites for hydroxylation is 1. The van der Waals surface area contributed by atoms with E-state index >= 15 is 0 Å². The summed E-state index contributed by atoms with van der Waals surface area (Å²) >= 11 is 6.18. The molecule has 1 aromatic carbocycles. The minimum atomic E-state index is -0.517. The molecule has 0 aliphatic heterocycles. The van der Waals surface area contributed by atoms with Crippen LogP contribution in [0.5, 0.6) is 0 Å². The number of nitrogens with zero attached hydrogens (tertiary/aromatic N) is 2. The number of furan rings is 1. The molecule has 0 bridgehead atoms. The summed E-state index contributed by atoms with van der Waals surface area (Å²) < 4.78 is 7.01. The van der Waals surface area contributed by atoms with Gasteiger partial charge in [0.1, 0.15) is 5.70 Å². The van der Waals surface area contributed by atoms with Crippen molar-refractivity contribution in [2.75, 3.05) is 6.54 Å². The minimum Gasteiger partial charge on any atom is -0.459 e. The van der Waals surface area contributed by atoms with Gasteiger partial charge >= 0.3 is 0 Å². The van der Waals surface area contributed by atoms with Crippen LogP contribution in [0.2, 0.25) is 5.02 Å². The third-order valence-corrected chi connectivity index (χ3v) is 4.22. The number of rotatable bonds is 8. The molecule has 8 heteroatoms. The van der Waals surface area contributed by atoms with E-state index in [2.05, 4.69) is 15.6 Å². The maximum atomic E-state index is 12.6. The van der Waals surface area contributed by atoms with Crippen molar-refractivity contribution in [1.29, 1.82) is 0 Å². The Kier molecular flexibility index (Phi) is 6.64. The molecule has 0 fully saturated rings. The molecule has 0 unspecified atom stereocenters. The summed E-state index contributed by atoms with van der Waals surface area (Å²) in [4.78, 5) is 28.9. The van der Waals surface area contributed by atoms with E-state index in [0.29, 0.717) is 23.6 Å². The van der Waals surface area contributed by atoms with Crippen LogP contribution in [0.4, 0.5) is 0 Å². The maximum Gasteiger partial charge on any atom is 0.291 e. The van der Waals surface area contributed by atoms with E-state index in [4.69, 9.17) is 16.0 Å². The Morgan fingerprint density at radius 1 is 1.21 bits per heavy atom. The number of carbonyl (C=O) groups excluding carboxylic acids is 2. The second kappa shape index (κ2) is 9.57. The lowest BCUT2D eigenvalue weighted by Gasteiger charge is -2.11. The number of amides is 2. The van der Waals surface area contributed by atoms with Gasteiger partial charge in [0.05, 0.1) is 12.6 Å². The van der Waals surface area contributed by atoms with Gasteiger partial charge in [-0.2, -0.15) is 0 Å². The van der Waals surface area contributed by atoms with Crippen molar-refractivity contribution in [3.05, 3.63) is 83.4 Å². The first-order valence-electron chi connectivity index (χ1n) is 8.68. The lowest BCUT2D eigenvalue weighted by Crippen LogP contribution is -2.35. The summed E-state index contributed by atoms with van der Waals surface area (Å²) in [6, 6.07) is 10.2. The van der Waals surface area contributed by atoms with E-state index in [-0.39, 0.29) is 11.5 Å². The highest BCUT2D eigenvalue weighted by molar-refractivity contribution is 6.32. The molecule has 0 saturated carbocycles. The van der Waals surface area contributed by atoms with Gasteiger partial charge < -0.3 is 19.6 Å². The van der Waals surface area contributed by atoms with Gasteiger partial charge in [-0.05, 0) is 36.3 Å². The Bertz CT molecular complexity index is 950. The predicted octanol–water partition coefficient (Wildman–Crippen LogP) is 3.11. The molecular weight excluding hydrogens is 380 g/mol. The fraction of sp³-hybridized carbons (Fsp3) is 0.150. The molecule has 2 heterocycles. The summed E-state index contributed by atoms with van der Waals surface area (Å²) in [5, 5.41) is 5.87. The van der Waals surface area contributed by atoms with Crippen molar-refractivity contribution in [1.82, 2.24) is 20.2 Å². The highest BCUT2D eigenvalue weighted by atomic mass is 35.5. The summed E-state index contributed by atoms with van der Waals surface area (Å²) in [6.07, 6.45) is 8.92. The molecule has 3 aromatic rings. The SMILES string of the molecule is O=C(NCCCn1ccnc1)/C(=C\c1ccccc1Cl)NC(=O)c1ccco1. The van der Waals surface area contributed by atoms with Crippen LogP contribution in [0.1, 0.15) is 22.5 Å². The number of benzene rings is 1. The first-order chi connectivity index (χ1) is 13.6. The normalized spacial score (nSPS) is 11.2. The van der Waals surface area contributed by atoms with Gasteiger partial charge in [0.25, 0.3) is 11.8 Å². The maximum absolute atomic E-state index is 12.6. The van der Waals surface area contributed by atoms with Gasteiger partial charge in [-0.1, -0.05) is 29.8 Å². The molecule has 0 atom stereocenters. The zero-order valence-electron chi connectivity index (χ0n) is 15.0. The van der Waals surface area contributed by atoms with E-state index in [9.17, 15) is 9.59 Å². The third-order valence-electron chi connectivity index (χ3n) is 3.88. The summed E-state index contributed by atoms with van der Waals surface area (Å²) in [5.74, 6) is -0.819. The fourth-order valence-corrected chi connectivity index (χ4v) is 2.67. The molecular formula is C20H19ClN4O3. The van der Waals surface area contributed by atoms with Crippen LogP contribution in [0.3, 0.4) is 0 Å². The molecule has 2 N–H and O–H groups in total. The number of imidazole rings is 1. The van der Waals surface area contributed by atoms with Crippen LogP contribution in [-0.2, 0) is 11.3 Å². The molecule has 0 aliphatic carbocycles. The Labute approximate surface area is 167 Å². The van der Waals surface area contributed by atoms with Crippen molar-refractivity contribution >= 4 is 29.5 Å². The molecule has 7 nitrogen and oxygen atoms in total. The molecule has 2 aromatic heterocycles. The molecule has 2 amide bonds. The third kappa shape index (κ3) is 5.34. The second-order valence-electron chi connectivity index (χ2n) is 5.92. The van der Waals surface area contributed by atoms with Crippen molar-refractivity contribution in [2.45, 2.75) is 13.0 Å². The first kappa shape index (κ1) is 19.4. The van der Waals surface area contributed by atoms with Crippen LogP contribution < -0.4 is 10.6 Å². The zero-order chi connectivity index (χ0) is 19.8. The van der Waals surface area contributed by atoms with Crippen molar-refractivity contribution in [3.8, 4) is 0 Å². The molecule has 0 radical (unpaired) electrons. The summed E-state index contributed by atoms with van der Waals surface area (Å²) in [5.41, 5.74) is 0.699. The lowest BCUT2D eigenvalue weighted by molar-refractivity contribution is -0.117. The molecule has 28 heavy (non-hydrogen) atoms. The number of carbonyl (C=O) groups is 2. The monoisotopic (exact) mass is 398 g/mol. The van der Waals surface area contributed by atoms with Gasteiger partial charge in [-0.15, -0.1) is 0 Å². The van der Waals surface area contributed by atoms with Gasteiger partial charge in [-0.25, -0.2) is 4.98 Å². The van der Waals surface area contributed by atoms with Gasteiger partial charge in [-0.3, -0.25) is 9.59 Å². The van der Waals surface area contributed by atoms with Gasteiger partial charge in [0, 0.05) is 30.5 Å². The van der Waals surface area contributed by atoms with Crippen molar-refractivity contribution in [3.63, 3.8) is 0 Å². The smallest absolute Gasteiger partial charge is 0.291 e. The lowest BCUT2D eigenvalue weighted by atomic mass is 10.2. The quantitative estimate of drug-likeness (QED) is 0.450. The van der Waals surface area contributed by atoms with Crippen molar-refractivity contribution in [2.24, 2.45) is 0 Å². The van der Waals surface area contributed by atoms with E-state index < -0.39 is 11.8 Å². The number of nitrogens with one attached hydrogen (secondary N) is 2. The van der Waals surface area contributed by atoms with Crippen LogP contribution in [0.25, 0.3) is 6.08 Å². The van der Waals surface area contributed by atoms with E-state index in [0.717, 1.165) is 6.54 Å². The molecule has 0 saturated heterocycles. The van der Waals surface area contributed by atoms with E-state index in [1.807, 2.05) is 10.8 Å². The van der Waals surface area contributed by atoms with E-state index in [1.165, 1.54) is 18.4 Å². The Balaban J connectivity index is 1.68. The second-order valence-corrected chi connectivity index (χ2v) is 6.33. The highest BCUT2D eigenvalue weighted by Crippen LogP contribution is 2.18. The molecule has 0 aliphatic rings. The van der Waals surface area contributed by atoms with Gasteiger partial charge in [0.15, 0.2) is 5.76 Å². The zero-order valence-corrected chi connectivity index (χ0v) is 15.7.